The quantitative estimate of drug-likeness (QED) is 0.924. The van der Waals surface area contributed by atoms with Crippen LogP contribution in [-0.4, -0.2) is 49.8 Å². The van der Waals surface area contributed by atoms with Gasteiger partial charge < -0.3 is 10.1 Å². The summed E-state index contributed by atoms with van der Waals surface area (Å²) in [6.45, 7) is 10.8. The number of nitrogens with zero attached hydrogens (tertiary/aromatic N) is 1. The Bertz CT molecular complexity index is 452. The maximum atomic E-state index is 5.87. The summed E-state index contributed by atoms with van der Waals surface area (Å²) < 4.78 is 5.87. The van der Waals surface area contributed by atoms with Gasteiger partial charge in [0.15, 0.2) is 0 Å². The molecule has 3 heteroatoms. The smallest absolute Gasteiger partial charge is 0.0753 e. The van der Waals surface area contributed by atoms with Crippen LogP contribution in [0.3, 0.4) is 0 Å². The van der Waals surface area contributed by atoms with Gasteiger partial charge in [0.1, 0.15) is 0 Å². The number of piperidine rings is 1. The van der Waals surface area contributed by atoms with Crippen molar-refractivity contribution in [2.45, 2.75) is 37.7 Å². The van der Waals surface area contributed by atoms with E-state index in [9.17, 15) is 0 Å². The normalized spacial score (nSPS) is 25.6. The van der Waals surface area contributed by atoms with E-state index >= 15 is 0 Å². The van der Waals surface area contributed by atoms with Crippen molar-refractivity contribution in [1.29, 1.82) is 0 Å². The molecule has 3 nitrogen and oxygen atoms in total. The number of hydrogen-bond acceptors (Lipinski definition) is 3. The van der Waals surface area contributed by atoms with Gasteiger partial charge in [-0.2, -0.15) is 0 Å². The molecule has 0 aromatic heterocycles. The largest absolute Gasteiger partial charge is 0.373 e. The van der Waals surface area contributed by atoms with E-state index in [4.69, 9.17) is 4.74 Å². The third-order valence-electron chi connectivity index (χ3n) is 4.98. The standard InChI is InChI=1S/C18H28N2O/c1-17(2)14-20(12-13-21-17)15-18(8-10-19-11-9-18)16-6-4-3-5-7-16/h3-7,19H,8-15H2,1-2H3. The molecule has 2 aliphatic rings. The summed E-state index contributed by atoms with van der Waals surface area (Å²) in [7, 11) is 0. The Morgan fingerprint density at radius 1 is 1.14 bits per heavy atom. The van der Waals surface area contributed by atoms with Gasteiger partial charge in [-0.05, 0) is 45.3 Å². The highest BCUT2D eigenvalue weighted by atomic mass is 16.5. The molecular weight excluding hydrogens is 260 g/mol. The second-order valence-corrected chi connectivity index (χ2v) is 7.22. The lowest BCUT2D eigenvalue weighted by Gasteiger charge is -2.46. The predicted molar refractivity (Wildman–Crippen MR) is 86.7 cm³/mol. The van der Waals surface area contributed by atoms with Gasteiger partial charge in [-0.3, -0.25) is 4.90 Å². The Labute approximate surface area is 128 Å². The van der Waals surface area contributed by atoms with E-state index in [1.54, 1.807) is 0 Å². The van der Waals surface area contributed by atoms with E-state index in [1.165, 1.54) is 18.4 Å². The average Bonchev–Trinajstić information content (AvgIpc) is 2.48. The zero-order chi connectivity index (χ0) is 14.8. The minimum absolute atomic E-state index is 0.0109. The van der Waals surface area contributed by atoms with Crippen LogP contribution in [-0.2, 0) is 10.2 Å². The SMILES string of the molecule is CC1(C)CN(CC2(c3ccccc3)CCNCC2)CCO1. The van der Waals surface area contributed by atoms with Crippen molar-refractivity contribution in [1.82, 2.24) is 10.2 Å². The Morgan fingerprint density at radius 2 is 1.86 bits per heavy atom. The molecule has 21 heavy (non-hydrogen) atoms. The lowest BCUT2D eigenvalue weighted by Crippen LogP contribution is -2.54. The first-order chi connectivity index (χ1) is 10.1. The van der Waals surface area contributed by atoms with Crippen LogP contribution in [0.4, 0.5) is 0 Å². The lowest BCUT2D eigenvalue weighted by atomic mass is 9.72. The fourth-order valence-electron chi connectivity index (χ4n) is 3.91. The van der Waals surface area contributed by atoms with Gasteiger partial charge in [0.05, 0.1) is 12.2 Å². The lowest BCUT2D eigenvalue weighted by molar-refractivity contribution is -0.0914. The van der Waals surface area contributed by atoms with Gasteiger partial charge in [-0.15, -0.1) is 0 Å². The zero-order valence-electron chi connectivity index (χ0n) is 13.4. The van der Waals surface area contributed by atoms with Crippen LogP contribution in [0, 0.1) is 0 Å². The fourth-order valence-corrected chi connectivity index (χ4v) is 3.91. The summed E-state index contributed by atoms with van der Waals surface area (Å²) in [5.74, 6) is 0. The van der Waals surface area contributed by atoms with Crippen LogP contribution in [0.1, 0.15) is 32.3 Å². The molecule has 0 atom stereocenters. The van der Waals surface area contributed by atoms with E-state index in [0.717, 1.165) is 39.3 Å². The van der Waals surface area contributed by atoms with E-state index in [0.29, 0.717) is 5.41 Å². The number of benzene rings is 1. The number of ether oxygens (including phenoxy) is 1. The van der Waals surface area contributed by atoms with Gasteiger partial charge >= 0.3 is 0 Å². The zero-order valence-corrected chi connectivity index (χ0v) is 13.4. The second kappa shape index (κ2) is 6.07. The van der Waals surface area contributed by atoms with Crippen LogP contribution >= 0.6 is 0 Å². The highest BCUT2D eigenvalue weighted by Crippen LogP contribution is 2.35. The first-order valence-corrected chi connectivity index (χ1v) is 8.22. The van der Waals surface area contributed by atoms with E-state index < -0.39 is 0 Å². The Kier molecular flexibility index (Phi) is 4.34. The molecule has 0 saturated carbocycles. The van der Waals surface area contributed by atoms with Gasteiger partial charge in [0.25, 0.3) is 0 Å². The summed E-state index contributed by atoms with van der Waals surface area (Å²) in [6.07, 6.45) is 2.46. The first kappa shape index (κ1) is 15.0. The predicted octanol–water partition coefficient (Wildman–Crippen LogP) is 2.42. The molecule has 1 N–H and O–H groups in total. The summed E-state index contributed by atoms with van der Waals surface area (Å²) in [5.41, 5.74) is 1.80. The Balaban J connectivity index is 1.80. The molecule has 2 saturated heterocycles. The molecule has 0 spiro atoms. The summed E-state index contributed by atoms with van der Waals surface area (Å²) in [6, 6.07) is 11.1. The monoisotopic (exact) mass is 288 g/mol. The minimum atomic E-state index is -0.0109. The molecule has 0 bridgehead atoms. The molecular formula is C18H28N2O. The summed E-state index contributed by atoms with van der Waals surface area (Å²) in [4.78, 5) is 2.61. The number of nitrogens with one attached hydrogen (secondary N) is 1. The van der Waals surface area contributed by atoms with Crippen molar-refractivity contribution in [3.63, 3.8) is 0 Å². The van der Waals surface area contributed by atoms with Gasteiger partial charge in [-0.25, -0.2) is 0 Å². The third kappa shape index (κ3) is 3.47. The van der Waals surface area contributed by atoms with Crippen LogP contribution < -0.4 is 5.32 Å². The highest BCUT2D eigenvalue weighted by Gasteiger charge is 2.38. The van der Waals surface area contributed by atoms with E-state index in [1.807, 2.05) is 0 Å². The molecule has 2 heterocycles. The molecule has 1 aromatic rings. The van der Waals surface area contributed by atoms with Crippen molar-refractivity contribution in [3.8, 4) is 0 Å². The molecule has 0 unspecified atom stereocenters. The average molecular weight is 288 g/mol. The Morgan fingerprint density at radius 3 is 2.52 bits per heavy atom. The second-order valence-electron chi connectivity index (χ2n) is 7.22. The topological polar surface area (TPSA) is 24.5 Å². The highest BCUT2D eigenvalue weighted by molar-refractivity contribution is 5.27. The van der Waals surface area contributed by atoms with Crippen LogP contribution in [0.25, 0.3) is 0 Å². The van der Waals surface area contributed by atoms with Crippen molar-refractivity contribution in [2.24, 2.45) is 0 Å². The van der Waals surface area contributed by atoms with Crippen LogP contribution in [0.15, 0.2) is 30.3 Å². The fraction of sp³-hybridized carbons (Fsp3) is 0.667. The number of rotatable bonds is 3. The van der Waals surface area contributed by atoms with Crippen molar-refractivity contribution >= 4 is 0 Å². The molecule has 2 aliphatic heterocycles. The Hall–Kier alpha value is -0.900. The maximum absolute atomic E-state index is 5.87. The van der Waals surface area contributed by atoms with Crippen molar-refractivity contribution < 1.29 is 4.74 Å². The van der Waals surface area contributed by atoms with Crippen LogP contribution in [0.2, 0.25) is 0 Å². The summed E-state index contributed by atoms with van der Waals surface area (Å²) >= 11 is 0. The summed E-state index contributed by atoms with van der Waals surface area (Å²) in [5, 5.41) is 3.52. The van der Waals surface area contributed by atoms with Gasteiger partial charge in [-0.1, -0.05) is 30.3 Å². The first-order valence-electron chi connectivity index (χ1n) is 8.22. The molecule has 0 aliphatic carbocycles. The third-order valence-corrected chi connectivity index (χ3v) is 4.98. The number of morpholine rings is 1. The minimum Gasteiger partial charge on any atom is -0.373 e. The van der Waals surface area contributed by atoms with Gasteiger partial charge in [0, 0.05) is 25.0 Å². The molecule has 3 rings (SSSR count). The van der Waals surface area contributed by atoms with Crippen molar-refractivity contribution in [3.05, 3.63) is 35.9 Å². The van der Waals surface area contributed by atoms with Crippen LogP contribution in [0.5, 0.6) is 0 Å². The maximum Gasteiger partial charge on any atom is 0.0753 e. The molecule has 0 radical (unpaired) electrons. The molecule has 116 valence electrons. The molecule has 0 amide bonds. The van der Waals surface area contributed by atoms with Crippen molar-refractivity contribution in [2.75, 3.05) is 39.3 Å². The number of hydrogen-bond donors (Lipinski definition) is 1. The van der Waals surface area contributed by atoms with Gasteiger partial charge in [0.2, 0.25) is 0 Å². The molecule has 2 fully saturated rings. The van der Waals surface area contributed by atoms with E-state index in [2.05, 4.69) is 54.4 Å². The molecule has 1 aromatic carbocycles. The van der Waals surface area contributed by atoms with E-state index in [-0.39, 0.29) is 5.60 Å².